The number of carbonyl (C=O) groups excluding carboxylic acids is 1. The summed E-state index contributed by atoms with van der Waals surface area (Å²) < 4.78 is 13.5. The fourth-order valence-corrected chi connectivity index (χ4v) is 2.37. The largest absolute Gasteiger partial charge is 0.294 e. The van der Waals surface area contributed by atoms with Crippen LogP contribution in [0.5, 0.6) is 0 Å². The molecule has 0 heterocycles. The molecule has 1 aromatic carbocycles. The Labute approximate surface area is 102 Å². The zero-order valence-corrected chi connectivity index (χ0v) is 10.5. The average molecular weight is 318 g/mol. The van der Waals surface area contributed by atoms with Crippen LogP contribution < -0.4 is 0 Å². The SMILES string of the molecule is O=C(CCC1CC1)c1ccc(F)cc1I. The van der Waals surface area contributed by atoms with Crippen LogP contribution in [0.1, 0.15) is 36.0 Å². The smallest absolute Gasteiger partial charge is 0.163 e. The van der Waals surface area contributed by atoms with Gasteiger partial charge in [-0.1, -0.05) is 12.8 Å². The molecule has 0 amide bonds. The number of Topliss-reactive ketones (excluding diaryl/α,β-unsaturated/α-hetero) is 1. The van der Waals surface area contributed by atoms with Crippen molar-refractivity contribution in [2.45, 2.75) is 25.7 Å². The van der Waals surface area contributed by atoms with Crippen LogP contribution in [0.25, 0.3) is 0 Å². The molecule has 3 heteroatoms. The van der Waals surface area contributed by atoms with Crippen molar-refractivity contribution >= 4 is 28.4 Å². The molecule has 15 heavy (non-hydrogen) atoms. The van der Waals surface area contributed by atoms with E-state index in [1.54, 1.807) is 6.07 Å². The summed E-state index contributed by atoms with van der Waals surface area (Å²) >= 11 is 2.01. The molecule has 0 radical (unpaired) electrons. The van der Waals surface area contributed by atoms with Gasteiger partial charge in [0.05, 0.1) is 0 Å². The average Bonchev–Trinajstić information content (AvgIpc) is 2.97. The van der Waals surface area contributed by atoms with Gasteiger partial charge in [0, 0.05) is 15.6 Å². The molecular weight excluding hydrogens is 306 g/mol. The van der Waals surface area contributed by atoms with Crippen molar-refractivity contribution in [1.82, 2.24) is 0 Å². The number of benzene rings is 1. The summed E-state index contributed by atoms with van der Waals surface area (Å²) in [6.07, 6.45) is 4.14. The minimum Gasteiger partial charge on any atom is -0.294 e. The molecule has 1 aromatic rings. The minimum atomic E-state index is -0.279. The van der Waals surface area contributed by atoms with E-state index in [9.17, 15) is 9.18 Å². The lowest BCUT2D eigenvalue weighted by Crippen LogP contribution is -2.02. The normalized spacial score (nSPS) is 15.3. The summed E-state index contributed by atoms with van der Waals surface area (Å²) in [6, 6.07) is 4.35. The van der Waals surface area contributed by atoms with Gasteiger partial charge in [-0.3, -0.25) is 4.79 Å². The lowest BCUT2D eigenvalue weighted by Gasteiger charge is -2.03. The van der Waals surface area contributed by atoms with E-state index in [-0.39, 0.29) is 11.6 Å². The van der Waals surface area contributed by atoms with Gasteiger partial charge in [-0.05, 0) is 53.1 Å². The van der Waals surface area contributed by atoms with Crippen molar-refractivity contribution in [3.8, 4) is 0 Å². The number of rotatable bonds is 4. The quantitative estimate of drug-likeness (QED) is 0.609. The number of hydrogen-bond donors (Lipinski definition) is 0. The Morgan fingerprint density at radius 1 is 1.47 bits per heavy atom. The van der Waals surface area contributed by atoms with Gasteiger partial charge in [0.25, 0.3) is 0 Å². The van der Waals surface area contributed by atoms with Crippen LogP contribution in [0.15, 0.2) is 18.2 Å². The molecule has 1 saturated carbocycles. The molecule has 0 aliphatic heterocycles. The first-order valence-corrected chi connectivity index (χ1v) is 6.23. The second-order valence-corrected chi connectivity index (χ2v) is 5.19. The molecule has 0 unspecified atom stereocenters. The maximum Gasteiger partial charge on any atom is 0.163 e. The molecule has 1 aliphatic rings. The predicted octanol–water partition coefficient (Wildman–Crippen LogP) is 3.80. The van der Waals surface area contributed by atoms with Crippen molar-refractivity contribution in [2.24, 2.45) is 5.92 Å². The van der Waals surface area contributed by atoms with Gasteiger partial charge in [0.15, 0.2) is 5.78 Å². The zero-order valence-electron chi connectivity index (χ0n) is 8.30. The third-order valence-electron chi connectivity index (χ3n) is 2.71. The number of halogens is 2. The van der Waals surface area contributed by atoms with Gasteiger partial charge in [-0.25, -0.2) is 4.39 Å². The molecule has 0 aromatic heterocycles. The summed E-state index contributed by atoms with van der Waals surface area (Å²) in [5.41, 5.74) is 0.664. The van der Waals surface area contributed by atoms with Crippen LogP contribution in [0.2, 0.25) is 0 Å². The monoisotopic (exact) mass is 318 g/mol. The van der Waals surface area contributed by atoms with E-state index in [0.29, 0.717) is 15.6 Å². The second-order valence-electron chi connectivity index (χ2n) is 4.03. The van der Waals surface area contributed by atoms with Crippen LogP contribution in [0.4, 0.5) is 4.39 Å². The lowest BCUT2D eigenvalue weighted by molar-refractivity contribution is 0.0977. The van der Waals surface area contributed by atoms with Gasteiger partial charge in [0.2, 0.25) is 0 Å². The fourth-order valence-electron chi connectivity index (χ4n) is 1.59. The van der Waals surface area contributed by atoms with Gasteiger partial charge < -0.3 is 0 Å². The molecule has 0 N–H and O–H groups in total. The van der Waals surface area contributed by atoms with Crippen LogP contribution in [0, 0.1) is 15.3 Å². The van der Waals surface area contributed by atoms with E-state index in [2.05, 4.69) is 0 Å². The Balaban J connectivity index is 2.03. The fraction of sp³-hybridized carbons (Fsp3) is 0.417. The van der Waals surface area contributed by atoms with Crippen molar-refractivity contribution < 1.29 is 9.18 Å². The Bertz CT molecular complexity index is 385. The van der Waals surface area contributed by atoms with Gasteiger partial charge in [-0.15, -0.1) is 0 Å². The van der Waals surface area contributed by atoms with E-state index >= 15 is 0 Å². The van der Waals surface area contributed by atoms with Crippen molar-refractivity contribution in [1.29, 1.82) is 0 Å². The standard InChI is InChI=1S/C12H12FIO/c13-9-4-5-10(11(14)7-9)12(15)6-3-8-1-2-8/h4-5,7-8H,1-3,6H2. The zero-order chi connectivity index (χ0) is 10.8. The highest BCUT2D eigenvalue weighted by atomic mass is 127. The molecule has 1 aliphatic carbocycles. The molecule has 80 valence electrons. The Morgan fingerprint density at radius 3 is 2.80 bits per heavy atom. The summed E-state index contributed by atoms with van der Waals surface area (Å²) in [5, 5.41) is 0. The highest BCUT2D eigenvalue weighted by Gasteiger charge is 2.22. The number of ketones is 1. The molecule has 2 rings (SSSR count). The van der Waals surface area contributed by atoms with E-state index in [4.69, 9.17) is 0 Å². The third kappa shape index (κ3) is 3.00. The first-order chi connectivity index (χ1) is 7.16. The first-order valence-electron chi connectivity index (χ1n) is 5.15. The Kier molecular flexibility index (Phi) is 3.38. The molecule has 1 fully saturated rings. The van der Waals surface area contributed by atoms with E-state index < -0.39 is 0 Å². The van der Waals surface area contributed by atoms with Crippen molar-refractivity contribution in [2.75, 3.05) is 0 Å². The van der Waals surface area contributed by atoms with Crippen LogP contribution in [0.3, 0.4) is 0 Å². The van der Waals surface area contributed by atoms with E-state index in [1.807, 2.05) is 22.6 Å². The predicted molar refractivity (Wildman–Crippen MR) is 65.4 cm³/mol. The molecular formula is C12H12FIO. The summed E-state index contributed by atoms with van der Waals surface area (Å²) in [5.74, 6) is 0.636. The Hall–Kier alpha value is -0.450. The minimum absolute atomic E-state index is 0.145. The summed E-state index contributed by atoms with van der Waals surface area (Å²) in [7, 11) is 0. The third-order valence-corrected chi connectivity index (χ3v) is 3.60. The summed E-state index contributed by atoms with van der Waals surface area (Å²) in [6.45, 7) is 0. The summed E-state index contributed by atoms with van der Waals surface area (Å²) in [4.78, 5) is 11.8. The van der Waals surface area contributed by atoms with Gasteiger partial charge in [-0.2, -0.15) is 0 Å². The van der Waals surface area contributed by atoms with Gasteiger partial charge in [0.1, 0.15) is 5.82 Å². The lowest BCUT2D eigenvalue weighted by atomic mass is 10.1. The van der Waals surface area contributed by atoms with Crippen LogP contribution in [-0.2, 0) is 0 Å². The molecule has 0 bridgehead atoms. The molecule has 0 spiro atoms. The van der Waals surface area contributed by atoms with Crippen LogP contribution in [-0.4, -0.2) is 5.78 Å². The first kappa shape index (κ1) is 11.0. The van der Waals surface area contributed by atoms with E-state index in [1.165, 1.54) is 25.0 Å². The molecule has 1 nitrogen and oxygen atoms in total. The highest BCUT2D eigenvalue weighted by Crippen LogP contribution is 2.34. The van der Waals surface area contributed by atoms with Crippen LogP contribution >= 0.6 is 22.6 Å². The maximum atomic E-state index is 12.8. The second kappa shape index (κ2) is 4.60. The molecule has 0 saturated heterocycles. The van der Waals surface area contributed by atoms with E-state index in [0.717, 1.165) is 12.3 Å². The van der Waals surface area contributed by atoms with Crippen molar-refractivity contribution in [3.05, 3.63) is 33.1 Å². The Morgan fingerprint density at radius 2 is 2.20 bits per heavy atom. The number of carbonyl (C=O) groups is 1. The molecule has 0 atom stereocenters. The van der Waals surface area contributed by atoms with Crippen molar-refractivity contribution in [3.63, 3.8) is 0 Å². The maximum absolute atomic E-state index is 12.8. The van der Waals surface area contributed by atoms with Gasteiger partial charge >= 0.3 is 0 Å². The highest BCUT2D eigenvalue weighted by molar-refractivity contribution is 14.1. The number of hydrogen-bond acceptors (Lipinski definition) is 1. The topological polar surface area (TPSA) is 17.1 Å².